The maximum Gasteiger partial charge on any atom is 0.191 e. The van der Waals surface area contributed by atoms with Crippen molar-refractivity contribution in [1.29, 1.82) is 0 Å². The first-order valence-corrected chi connectivity index (χ1v) is 9.74. The number of benzene rings is 2. The normalized spacial score (nSPS) is 11.2. The Bertz CT molecular complexity index is 809. The first-order valence-electron chi connectivity index (χ1n) is 8.76. The molecule has 0 spiro atoms. The highest BCUT2D eigenvalue weighted by molar-refractivity contribution is 7.98. The largest absolute Gasteiger partial charge is 0.305 e. The van der Waals surface area contributed by atoms with Gasteiger partial charge in [-0.15, -0.1) is 10.2 Å². The molecule has 130 valence electrons. The Labute approximate surface area is 154 Å². The lowest BCUT2D eigenvalue weighted by atomic mass is 10.1. The molecule has 0 amide bonds. The van der Waals surface area contributed by atoms with Crippen molar-refractivity contribution >= 4 is 11.8 Å². The molecule has 0 aliphatic carbocycles. The Morgan fingerprint density at radius 1 is 0.960 bits per heavy atom. The first-order chi connectivity index (χ1) is 12.1. The highest BCUT2D eigenvalue weighted by Crippen LogP contribution is 2.24. The molecule has 1 heterocycles. The van der Waals surface area contributed by atoms with Gasteiger partial charge in [0, 0.05) is 18.7 Å². The van der Waals surface area contributed by atoms with E-state index in [1.54, 1.807) is 11.8 Å². The molecule has 0 atom stereocenters. The number of aromatic nitrogens is 3. The van der Waals surface area contributed by atoms with Gasteiger partial charge in [0.05, 0.1) is 0 Å². The molecule has 3 rings (SSSR count). The molecule has 3 aromatic rings. The van der Waals surface area contributed by atoms with Gasteiger partial charge in [0.15, 0.2) is 5.16 Å². The maximum atomic E-state index is 4.49. The number of nitrogens with zero attached hydrogens (tertiary/aromatic N) is 3. The lowest BCUT2D eigenvalue weighted by Gasteiger charge is -2.12. The van der Waals surface area contributed by atoms with E-state index in [1.807, 2.05) is 6.07 Å². The van der Waals surface area contributed by atoms with Crippen molar-refractivity contribution in [1.82, 2.24) is 14.8 Å². The monoisotopic (exact) mass is 351 g/mol. The highest BCUT2D eigenvalue weighted by atomic mass is 32.2. The molecule has 0 N–H and O–H groups in total. The second-order valence-corrected chi connectivity index (χ2v) is 7.79. The van der Waals surface area contributed by atoms with Gasteiger partial charge < -0.3 is 4.57 Å². The molecule has 2 aromatic carbocycles. The van der Waals surface area contributed by atoms with Gasteiger partial charge >= 0.3 is 0 Å². The molecule has 0 bridgehead atoms. The smallest absolute Gasteiger partial charge is 0.191 e. The van der Waals surface area contributed by atoms with E-state index < -0.39 is 0 Å². The molecule has 0 fully saturated rings. The Morgan fingerprint density at radius 3 is 2.44 bits per heavy atom. The van der Waals surface area contributed by atoms with Gasteiger partial charge in [-0.25, -0.2) is 0 Å². The van der Waals surface area contributed by atoms with E-state index in [9.17, 15) is 0 Å². The van der Waals surface area contributed by atoms with Crippen molar-refractivity contribution in [2.45, 2.75) is 44.6 Å². The van der Waals surface area contributed by atoms with E-state index in [1.165, 1.54) is 16.7 Å². The van der Waals surface area contributed by atoms with E-state index in [4.69, 9.17) is 0 Å². The van der Waals surface area contributed by atoms with Crippen LogP contribution in [0.1, 0.15) is 36.4 Å². The Morgan fingerprint density at radius 2 is 1.72 bits per heavy atom. The van der Waals surface area contributed by atoms with Crippen LogP contribution in [0, 0.1) is 12.8 Å². The van der Waals surface area contributed by atoms with Gasteiger partial charge in [0.25, 0.3) is 0 Å². The molecule has 1 aromatic heterocycles. The third kappa shape index (κ3) is 4.95. The molecule has 0 saturated heterocycles. The van der Waals surface area contributed by atoms with Gasteiger partial charge in [0.2, 0.25) is 0 Å². The highest BCUT2D eigenvalue weighted by Gasteiger charge is 2.14. The molecule has 3 nitrogen and oxygen atoms in total. The van der Waals surface area contributed by atoms with Crippen LogP contribution >= 0.6 is 11.8 Å². The summed E-state index contributed by atoms with van der Waals surface area (Å²) >= 11 is 1.77. The van der Waals surface area contributed by atoms with E-state index in [2.05, 4.69) is 84.1 Å². The SMILES string of the molecule is Cc1cccc(CSc2nnc(Cc3ccccc3)n2CC(C)C)c1. The van der Waals surface area contributed by atoms with Crippen LogP contribution in [0.5, 0.6) is 0 Å². The average molecular weight is 352 g/mol. The topological polar surface area (TPSA) is 30.7 Å². The van der Waals surface area contributed by atoms with Crippen LogP contribution in [0.25, 0.3) is 0 Å². The van der Waals surface area contributed by atoms with E-state index in [-0.39, 0.29) is 0 Å². The minimum atomic E-state index is 0.559. The van der Waals surface area contributed by atoms with Crippen LogP contribution in [-0.2, 0) is 18.7 Å². The summed E-state index contributed by atoms with van der Waals surface area (Å²) < 4.78 is 2.29. The van der Waals surface area contributed by atoms with Gasteiger partial charge in [-0.05, 0) is 24.0 Å². The molecular weight excluding hydrogens is 326 g/mol. The molecule has 4 heteroatoms. The summed E-state index contributed by atoms with van der Waals surface area (Å²) in [5.41, 5.74) is 3.90. The van der Waals surface area contributed by atoms with Crippen molar-refractivity contribution in [2.24, 2.45) is 5.92 Å². The number of hydrogen-bond donors (Lipinski definition) is 0. The zero-order chi connectivity index (χ0) is 17.6. The van der Waals surface area contributed by atoms with Crippen LogP contribution in [0.2, 0.25) is 0 Å². The second kappa shape index (κ2) is 8.34. The molecule has 25 heavy (non-hydrogen) atoms. The van der Waals surface area contributed by atoms with E-state index in [0.717, 1.165) is 29.7 Å². The zero-order valence-electron chi connectivity index (χ0n) is 15.1. The number of aryl methyl sites for hydroxylation is 1. The Kier molecular flexibility index (Phi) is 5.92. The summed E-state index contributed by atoms with van der Waals surface area (Å²) in [6.45, 7) is 7.56. The minimum absolute atomic E-state index is 0.559. The molecule has 0 aliphatic heterocycles. The maximum absolute atomic E-state index is 4.49. The number of hydrogen-bond acceptors (Lipinski definition) is 3. The van der Waals surface area contributed by atoms with Crippen LogP contribution < -0.4 is 0 Å². The predicted octanol–water partition coefficient (Wildman–Crippen LogP) is 5.13. The van der Waals surface area contributed by atoms with Gasteiger partial charge in [0.1, 0.15) is 5.82 Å². The molecule has 0 radical (unpaired) electrons. The summed E-state index contributed by atoms with van der Waals surface area (Å²) in [6, 6.07) is 19.2. The third-order valence-electron chi connectivity index (χ3n) is 4.00. The lowest BCUT2D eigenvalue weighted by molar-refractivity contribution is 0.482. The standard InChI is InChI=1S/C21H25N3S/c1-16(2)14-24-20(13-18-9-5-4-6-10-18)22-23-21(24)25-15-19-11-7-8-17(3)12-19/h4-12,16H,13-15H2,1-3H3. The van der Waals surface area contributed by atoms with Crippen LogP contribution in [0.3, 0.4) is 0 Å². The third-order valence-corrected chi connectivity index (χ3v) is 5.03. The fourth-order valence-electron chi connectivity index (χ4n) is 2.83. The van der Waals surface area contributed by atoms with Crippen molar-refractivity contribution in [3.05, 3.63) is 77.1 Å². The van der Waals surface area contributed by atoms with Crippen molar-refractivity contribution in [3.8, 4) is 0 Å². The zero-order valence-corrected chi connectivity index (χ0v) is 16.0. The summed E-state index contributed by atoms with van der Waals surface area (Å²) in [5.74, 6) is 2.53. The van der Waals surface area contributed by atoms with E-state index >= 15 is 0 Å². The van der Waals surface area contributed by atoms with Crippen LogP contribution in [-0.4, -0.2) is 14.8 Å². The summed E-state index contributed by atoms with van der Waals surface area (Å²) in [5, 5.41) is 9.98. The second-order valence-electron chi connectivity index (χ2n) is 6.84. The van der Waals surface area contributed by atoms with Crippen molar-refractivity contribution in [2.75, 3.05) is 0 Å². The average Bonchev–Trinajstić information content (AvgIpc) is 2.95. The molecular formula is C21H25N3S. The fourth-order valence-corrected chi connectivity index (χ4v) is 3.74. The summed E-state index contributed by atoms with van der Waals surface area (Å²) in [7, 11) is 0. The quantitative estimate of drug-likeness (QED) is 0.553. The molecule has 0 unspecified atom stereocenters. The number of thioether (sulfide) groups is 1. The van der Waals surface area contributed by atoms with Gasteiger partial charge in [-0.3, -0.25) is 0 Å². The van der Waals surface area contributed by atoms with Crippen LogP contribution in [0.4, 0.5) is 0 Å². The molecule has 0 saturated carbocycles. The predicted molar refractivity (Wildman–Crippen MR) is 105 cm³/mol. The number of rotatable bonds is 7. The molecule has 0 aliphatic rings. The van der Waals surface area contributed by atoms with Crippen LogP contribution in [0.15, 0.2) is 59.8 Å². The Balaban J connectivity index is 1.78. The van der Waals surface area contributed by atoms with Crippen molar-refractivity contribution in [3.63, 3.8) is 0 Å². The van der Waals surface area contributed by atoms with Crippen molar-refractivity contribution < 1.29 is 0 Å². The summed E-state index contributed by atoms with van der Waals surface area (Å²) in [4.78, 5) is 0. The fraction of sp³-hybridized carbons (Fsp3) is 0.333. The van der Waals surface area contributed by atoms with E-state index in [0.29, 0.717) is 5.92 Å². The lowest BCUT2D eigenvalue weighted by Crippen LogP contribution is -2.10. The Hall–Kier alpha value is -2.07. The minimum Gasteiger partial charge on any atom is -0.305 e. The first kappa shape index (κ1) is 17.7. The van der Waals surface area contributed by atoms with Gasteiger partial charge in [-0.1, -0.05) is 85.8 Å². The van der Waals surface area contributed by atoms with Gasteiger partial charge in [-0.2, -0.15) is 0 Å². The summed E-state index contributed by atoms with van der Waals surface area (Å²) in [6.07, 6.45) is 0.825.